The van der Waals surface area contributed by atoms with Crippen LogP contribution in [0.4, 0.5) is 5.82 Å². The summed E-state index contributed by atoms with van der Waals surface area (Å²) in [5.74, 6) is 0.861. The first-order valence-electron chi connectivity index (χ1n) is 5.60. The van der Waals surface area contributed by atoms with Crippen LogP contribution in [0.15, 0.2) is 47.3 Å². The van der Waals surface area contributed by atoms with Crippen LogP contribution in [0.3, 0.4) is 0 Å². The Kier molecular flexibility index (Phi) is 4.50. The molecule has 2 aromatic rings. The molecular weight excluding hydrogens is 278 g/mol. The molecule has 88 valence electrons. The molecule has 0 saturated carbocycles. The van der Waals surface area contributed by atoms with E-state index in [1.165, 1.54) is 5.56 Å². The van der Waals surface area contributed by atoms with Crippen LogP contribution >= 0.6 is 15.9 Å². The van der Waals surface area contributed by atoms with Crippen LogP contribution in [0.1, 0.15) is 12.0 Å². The average Bonchev–Trinajstić information content (AvgIpc) is 2.36. The van der Waals surface area contributed by atoms with Crippen molar-refractivity contribution in [2.24, 2.45) is 0 Å². The number of hydrogen-bond acceptors (Lipinski definition) is 3. The molecule has 1 aromatic carbocycles. The highest BCUT2D eigenvalue weighted by Gasteiger charge is 1.96. The van der Waals surface area contributed by atoms with Crippen molar-refractivity contribution >= 4 is 21.7 Å². The highest BCUT2D eigenvalue weighted by molar-refractivity contribution is 9.10. The van der Waals surface area contributed by atoms with Crippen molar-refractivity contribution in [2.75, 3.05) is 11.9 Å². The van der Waals surface area contributed by atoms with E-state index in [0.29, 0.717) is 0 Å². The molecule has 0 unspecified atom stereocenters. The summed E-state index contributed by atoms with van der Waals surface area (Å²) in [5, 5.41) is 3.27. The Hall–Kier alpha value is -1.42. The summed E-state index contributed by atoms with van der Waals surface area (Å²) in [6.07, 6.45) is 3.72. The number of rotatable bonds is 5. The zero-order valence-electron chi connectivity index (χ0n) is 9.44. The van der Waals surface area contributed by atoms with E-state index in [4.69, 9.17) is 0 Å². The summed E-state index contributed by atoms with van der Waals surface area (Å²) in [4.78, 5) is 8.11. The second kappa shape index (κ2) is 6.35. The number of anilines is 1. The van der Waals surface area contributed by atoms with E-state index in [0.717, 1.165) is 29.8 Å². The highest BCUT2D eigenvalue weighted by Crippen LogP contribution is 2.09. The Balaban J connectivity index is 1.73. The molecule has 4 heteroatoms. The lowest BCUT2D eigenvalue weighted by Crippen LogP contribution is -2.04. The predicted octanol–water partition coefficient (Wildman–Crippen LogP) is 3.28. The van der Waals surface area contributed by atoms with Gasteiger partial charge in [0.25, 0.3) is 0 Å². The summed E-state index contributed by atoms with van der Waals surface area (Å²) in [6.45, 7) is 0.915. The van der Waals surface area contributed by atoms with E-state index >= 15 is 0 Å². The fourth-order valence-electron chi connectivity index (χ4n) is 1.58. The van der Waals surface area contributed by atoms with Gasteiger partial charge in [0.15, 0.2) is 0 Å². The van der Waals surface area contributed by atoms with Crippen LogP contribution < -0.4 is 5.32 Å². The molecule has 2 rings (SSSR count). The van der Waals surface area contributed by atoms with Gasteiger partial charge in [-0.05, 0) is 34.3 Å². The first-order valence-corrected chi connectivity index (χ1v) is 6.39. The number of hydrogen-bond donors (Lipinski definition) is 1. The van der Waals surface area contributed by atoms with Crippen LogP contribution in [0, 0.1) is 0 Å². The molecular formula is C13H14BrN3. The van der Waals surface area contributed by atoms with Crippen molar-refractivity contribution in [3.8, 4) is 0 Å². The van der Waals surface area contributed by atoms with Gasteiger partial charge in [-0.15, -0.1) is 0 Å². The van der Waals surface area contributed by atoms with Gasteiger partial charge in [-0.25, -0.2) is 9.97 Å². The van der Waals surface area contributed by atoms with E-state index in [-0.39, 0.29) is 0 Å². The molecule has 1 aromatic heterocycles. The fourth-order valence-corrected chi connectivity index (χ4v) is 1.89. The van der Waals surface area contributed by atoms with Crippen molar-refractivity contribution in [1.29, 1.82) is 0 Å². The zero-order valence-corrected chi connectivity index (χ0v) is 11.0. The highest BCUT2D eigenvalue weighted by atomic mass is 79.9. The molecule has 1 heterocycles. The molecule has 0 aliphatic rings. The maximum Gasteiger partial charge on any atom is 0.130 e. The minimum absolute atomic E-state index is 0.804. The van der Waals surface area contributed by atoms with E-state index in [1.807, 2.05) is 12.1 Å². The molecule has 0 fully saturated rings. The molecule has 0 atom stereocenters. The summed E-state index contributed by atoms with van der Waals surface area (Å²) in [5.41, 5.74) is 1.37. The van der Waals surface area contributed by atoms with E-state index in [9.17, 15) is 0 Å². The number of aromatic nitrogens is 2. The van der Waals surface area contributed by atoms with E-state index in [1.54, 1.807) is 6.33 Å². The lowest BCUT2D eigenvalue weighted by molar-refractivity contribution is 0.857. The molecule has 17 heavy (non-hydrogen) atoms. The van der Waals surface area contributed by atoms with Gasteiger partial charge in [0.1, 0.15) is 16.7 Å². The van der Waals surface area contributed by atoms with Crippen LogP contribution in [-0.4, -0.2) is 16.5 Å². The van der Waals surface area contributed by atoms with E-state index < -0.39 is 0 Å². The van der Waals surface area contributed by atoms with Crippen LogP contribution in [0.5, 0.6) is 0 Å². The van der Waals surface area contributed by atoms with Gasteiger partial charge in [-0.3, -0.25) is 0 Å². The Morgan fingerprint density at radius 3 is 2.71 bits per heavy atom. The monoisotopic (exact) mass is 291 g/mol. The van der Waals surface area contributed by atoms with Crippen LogP contribution in [0.2, 0.25) is 0 Å². The van der Waals surface area contributed by atoms with Gasteiger partial charge < -0.3 is 5.32 Å². The minimum atomic E-state index is 0.804. The summed E-state index contributed by atoms with van der Waals surface area (Å²) >= 11 is 3.32. The van der Waals surface area contributed by atoms with Crippen molar-refractivity contribution in [1.82, 2.24) is 9.97 Å². The number of nitrogens with one attached hydrogen (secondary N) is 1. The van der Waals surface area contributed by atoms with Crippen molar-refractivity contribution in [3.63, 3.8) is 0 Å². The predicted molar refractivity (Wildman–Crippen MR) is 73.0 cm³/mol. The number of aryl methyl sites for hydroxylation is 1. The largest absolute Gasteiger partial charge is 0.370 e. The molecule has 0 amide bonds. The molecule has 0 aliphatic carbocycles. The van der Waals surface area contributed by atoms with Gasteiger partial charge in [0.05, 0.1) is 0 Å². The maximum atomic E-state index is 4.13. The van der Waals surface area contributed by atoms with Crippen molar-refractivity contribution in [3.05, 3.63) is 52.9 Å². The quantitative estimate of drug-likeness (QED) is 0.679. The summed E-state index contributed by atoms with van der Waals surface area (Å²) in [7, 11) is 0. The topological polar surface area (TPSA) is 37.8 Å². The first-order chi connectivity index (χ1) is 8.34. The Bertz CT molecular complexity index is 459. The van der Waals surface area contributed by atoms with Crippen LogP contribution in [0.25, 0.3) is 0 Å². The molecule has 0 bridgehead atoms. The molecule has 3 nitrogen and oxygen atoms in total. The molecule has 0 radical (unpaired) electrons. The number of benzene rings is 1. The third-order valence-electron chi connectivity index (χ3n) is 2.42. The summed E-state index contributed by atoms with van der Waals surface area (Å²) < 4.78 is 0.804. The molecule has 0 spiro atoms. The number of halogens is 1. The van der Waals surface area contributed by atoms with Crippen molar-refractivity contribution < 1.29 is 0 Å². The second-order valence-electron chi connectivity index (χ2n) is 3.74. The lowest BCUT2D eigenvalue weighted by atomic mass is 10.1. The molecule has 0 aliphatic heterocycles. The normalized spacial score (nSPS) is 10.2. The third-order valence-corrected chi connectivity index (χ3v) is 2.86. The van der Waals surface area contributed by atoms with Crippen molar-refractivity contribution in [2.45, 2.75) is 12.8 Å². The number of nitrogens with zero attached hydrogens (tertiary/aromatic N) is 2. The van der Waals surface area contributed by atoms with Gasteiger partial charge in [-0.2, -0.15) is 0 Å². The molecule has 0 saturated heterocycles. The Morgan fingerprint density at radius 1 is 1.12 bits per heavy atom. The second-order valence-corrected chi connectivity index (χ2v) is 4.55. The van der Waals surface area contributed by atoms with Gasteiger partial charge in [0.2, 0.25) is 0 Å². The Labute approximate surface area is 109 Å². The fraction of sp³-hybridized carbons (Fsp3) is 0.231. The van der Waals surface area contributed by atoms with Crippen LogP contribution in [-0.2, 0) is 6.42 Å². The zero-order chi connectivity index (χ0) is 11.9. The maximum absolute atomic E-state index is 4.13. The Morgan fingerprint density at radius 2 is 1.94 bits per heavy atom. The van der Waals surface area contributed by atoms with Gasteiger partial charge >= 0.3 is 0 Å². The minimum Gasteiger partial charge on any atom is -0.370 e. The third kappa shape index (κ3) is 4.15. The first kappa shape index (κ1) is 12.0. The molecule has 1 N–H and O–H groups in total. The van der Waals surface area contributed by atoms with E-state index in [2.05, 4.69) is 55.5 Å². The summed E-state index contributed by atoms with van der Waals surface area (Å²) in [6, 6.07) is 12.4. The standard InChI is InChI=1S/C13H14BrN3/c14-12-9-13(17-10-16-12)15-8-4-7-11-5-2-1-3-6-11/h1-3,5-6,9-10H,4,7-8H2,(H,15,16,17). The average molecular weight is 292 g/mol. The SMILES string of the molecule is Brc1cc(NCCCc2ccccc2)ncn1. The van der Waals surface area contributed by atoms with Gasteiger partial charge in [-0.1, -0.05) is 30.3 Å². The smallest absolute Gasteiger partial charge is 0.130 e. The van der Waals surface area contributed by atoms with Gasteiger partial charge in [0, 0.05) is 12.6 Å². The lowest BCUT2D eigenvalue weighted by Gasteiger charge is -2.05.